The summed E-state index contributed by atoms with van der Waals surface area (Å²) in [6, 6.07) is 13.4. The minimum absolute atomic E-state index is 0.171. The van der Waals surface area contributed by atoms with Gasteiger partial charge in [0.05, 0.1) is 22.3 Å². The third-order valence-electron chi connectivity index (χ3n) is 3.87. The Kier molecular flexibility index (Phi) is 5.04. The lowest BCUT2D eigenvalue weighted by Gasteiger charge is -2.12. The maximum atomic E-state index is 12.6. The van der Waals surface area contributed by atoms with Crippen molar-refractivity contribution in [3.8, 4) is 11.3 Å². The normalized spacial score (nSPS) is 10.9. The van der Waals surface area contributed by atoms with Gasteiger partial charge in [0.15, 0.2) is 0 Å². The first-order valence-corrected chi connectivity index (χ1v) is 8.51. The summed E-state index contributed by atoms with van der Waals surface area (Å²) in [5.41, 5.74) is 1.12. The van der Waals surface area contributed by atoms with Crippen molar-refractivity contribution in [1.29, 1.82) is 0 Å². The molecular formula is C18H13Cl3N2O2. The van der Waals surface area contributed by atoms with E-state index in [4.69, 9.17) is 34.8 Å². The molecule has 0 aliphatic heterocycles. The fourth-order valence-corrected chi connectivity index (χ4v) is 2.94. The van der Waals surface area contributed by atoms with Gasteiger partial charge in [0, 0.05) is 23.7 Å². The summed E-state index contributed by atoms with van der Waals surface area (Å²) in [5.74, 6) is 0. The van der Waals surface area contributed by atoms with E-state index in [0.29, 0.717) is 26.3 Å². The molecule has 1 heterocycles. The van der Waals surface area contributed by atoms with E-state index in [1.807, 2.05) is 0 Å². The quantitative estimate of drug-likeness (QED) is 0.666. The number of nitrogens with zero attached hydrogens (tertiary/aromatic N) is 2. The van der Waals surface area contributed by atoms with Crippen molar-refractivity contribution < 1.29 is 0 Å². The summed E-state index contributed by atoms with van der Waals surface area (Å²) in [6.07, 6.45) is 0. The van der Waals surface area contributed by atoms with Crippen molar-refractivity contribution in [1.82, 2.24) is 9.13 Å². The highest BCUT2D eigenvalue weighted by Crippen LogP contribution is 2.27. The molecule has 0 aliphatic rings. The summed E-state index contributed by atoms with van der Waals surface area (Å²) in [5, 5.41) is 1.36. The molecule has 128 valence electrons. The van der Waals surface area contributed by atoms with E-state index in [2.05, 4.69) is 0 Å². The second kappa shape index (κ2) is 7.08. The standard InChI is InChI=1S/C18H13Cl3N2O2/c1-22-16(12-4-7-14(20)15(21)8-12)9-17(24)23(18(22)25)10-11-2-5-13(19)6-3-11/h2-9H,10H2,1H3. The van der Waals surface area contributed by atoms with Crippen LogP contribution in [-0.2, 0) is 13.6 Å². The molecule has 0 spiro atoms. The fourth-order valence-electron chi connectivity index (χ4n) is 2.52. The summed E-state index contributed by atoms with van der Waals surface area (Å²) in [7, 11) is 1.61. The molecule has 0 unspecified atom stereocenters. The number of benzene rings is 2. The van der Waals surface area contributed by atoms with Gasteiger partial charge in [-0.3, -0.25) is 13.9 Å². The molecule has 0 fully saturated rings. The Bertz CT molecular complexity index is 1050. The average molecular weight is 396 g/mol. The molecule has 25 heavy (non-hydrogen) atoms. The molecule has 3 aromatic rings. The van der Waals surface area contributed by atoms with E-state index in [0.717, 1.165) is 5.56 Å². The fraction of sp³-hybridized carbons (Fsp3) is 0.111. The lowest BCUT2D eigenvalue weighted by molar-refractivity contribution is 0.644. The SMILES string of the molecule is Cn1c(-c2ccc(Cl)c(Cl)c2)cc(=O)n(Cc2ccc(Cl)cc2)c1=O. The zero-order valence-corrected chi connectivity index (χ0v) is 15.4. The third kappa shape index (κ3) is 3.66. The van der Waals surface area contributed by atoms with Crippen LogP contribution in [0.5, 0.6) is 0 Å². The predicted octanol–water partition coefficient (Wildman–Crippen LogP) is 4.22. The van der Waals surface area contributed by atoms with Crippen LogP contribution in [0.1, 0.15) is 5.56 Å². The first-order chi connectivity index (χ1) is 11.9. The van der Waals surface area contributed by atoms with Gasteiger partial charge < -0.3 is 0 Å². The molecule has 0 atom stereocenters. The minimum atomic E-state index is -0.413. The third-order valence-corrected chi connectivity index (χ3v) is 4.87. The minimum Gasteiger partial charge on any atom is -0.296 e. The van der Waals surface area contributed by atoms with Gasteiger partial charge in [-0.2, -0.15) is 0 Å². The highest BCUT2D eigenvalue weighted by atomic mass is 35.5. The van der Waals surface area contributed by atoms with Crippen molar-refractivity contribution in [3.05, 3.63) is 90.0 Å². The maximum Gasteiger partial charge on any atom is 0.331 e. The van der Waals surface area contributed by atoms with Gasteiger partial charge in [0.1, 0.15) is 0 Å². The molecule has 3 rings (SSSR count). The van der Waals surface area contributed by atoms with Gasteiger partial charge in [0.25, 0.3) is 5.56 Å². The highest BCUT2D eigenvalue weighted by molar-refractivity contribution is 6.42. The summed E-state index contributed by atoms with van der Waals surface area (Å²) < 4.78 is 2.58. The Morgan fingerprint density at radius 3 is 2.20 bits per heavy atom. The highest BCUT2D eigenvalue weighted by Gasteiger charge is 2.12. The van der Waals surface area contributed by atoms with Gasteiger partial charge in [-0.05, 0) is 29.8 Å². The number of hydrogen-bond donors (Lipinski definition) is 0. The van der Waals surface area contributed by atoms with E-state index in [-0.39, 0.29) is 12.1 Å². The van der Waals surface area contributed by atoms with Crippen LogP contribution in [0.15, 0.2) is 58.1 Å². The lowest BCUT2D eigenvalue weighted by atomic mass is 10.1. The molecule has 1 aromatic heterocycles. The molecule has 0 saturated carbocycles. The molecule has 2 aromatic carbocycles. The number of aromatic nitrogens is 2. The zero-order chi connectivity index (χ0) is 18.1. The second-order valence-electron chi connectivity index (χ2n) is 5.55. The average Bonchev–Trinajstić information content (AvgIpc) is 2.59. The lowest BCUT2D eigenvalue weighted by Crippen LogP contribution is -2.39. The second-order valence-corrected chi connectivity index (χ2v) is 6.80. The van der Waals surface area contributed by atoms with Gasteiger partial charge in [-0.1, -0.05) is 53.0 Å². The van der Waals surface area contributed by atoms with Crippen LogP contribution in [0.25, 0.3) is 11.3 Å². The molecule has 0 aliphatic carbocycles. The van der Waals surface area contributed by atoms with E-state index < -0.39 is 5.69 Å². The maximum absolute atomic E-state index is 12.6. The monoisotopic (exact) mass is 394 g/mol. The zero-order valence-electron chi connectivity index (χ0n) is 13.2. The van der Waals surface area contributed by atoms with E-state index in [1.165, 1.54) is 15.2 Å². The van der Waals surface area contributed by atoms with Gasteiger partial charge >= 0.3 is 5.69 Å². The van der Waals surface area contributed by atoms with Crippen LogP contribution in [0, 0.1) is 0 Å². The number of rotatable bonds is 3. The summed E-state index contributed by atoms with van der Waals surface area (Å²) >= 11 is 17.8. The van der Waals surface area contributed by atoms with Crippen LogP contribution in [0.4, 0.5) is 0 Å². The first-order valence-electron chi connectivity index (χ1n) is 7.37. The Hall–Kier alpha value is -2.01. The number of halogens is 3. The number of hydrogen-bond acceptors (Lipinski definition) is 2. The van der Waals surface area contributed by atoms with Crippen molar-refractivity contribution in [2.75, 3.05) is 0 Å². The Labute approximate surface area is 158 Å². The first kappa shape index (κ1) is 17.8. The molecular weight excluding hydrogens is 383 g/mol. The van der Waals surface area contributed by atoms with Crippen molar-refractivity contribution in [2.45, 2.75) is 6.54 Å². The topological polar surface area (TPSA) is 44.0 Å². The van der Waals surface area contributed by atoms with E-state index in [1.54, 1.807) is 49.5 Å². The van der Waals surface area contributed by atoms with Gasteiger partial charge in [0.2, 0.25) is 0 Å². The smallest absolute Gasteiger partial charge is 0.296 e. The molecule has 0 radical (unpaired) electrons. The molecule has 0 amide bonds. The Morgan fingerprint density at radius 2 is 1.56 bits per heavy atom. The molecule has 0 N–H and O–H groups in total. The van der Waals surface area contributed by atoms with E-state index >= 15 is 0 Å². The molecule has 0 saturated heterocycles. The predicted molar refractivity (Wildman–Crippen MR) is 102 cm³/mol. The van der Waals surface area contributed by atoms with Crippen molar-refractivity contribution in [2.24, 2.45) is 7.05 Å². The van der Waals surface area contributed by atoms with E-state index in [9.17, 15) is 9.59 Å². The molecule has 0 bridgehead atoms. The van der Waals surface area contributed by atoms with Crippen LogP contribution in [-0.4, -0.2) is 9.13 Å². The van der Waals surface area contributed by atoms with Gasteiger partial charge in [-0.25, -0.2) is 4.79 Å². The Morgan fingerprint density at radius 1 is 0.880 bits per heavy atom. The van der Waals surface area contributed by atoms with Crippen LogP contribution >= 0.6 is 34.8 Å². The van der Waals surface area contributed by atoms with Crippen LogP contribution in [0.3, 0.4) is 0 Å². The van der Waals surface area contributed by atoms with Crippen molar-refractivity contribution >= 4 is 34.8 Å². The molecule has 4 nitrogen and oxygen atoms in total. The van der Waals surface area contributed by atoms with Crippen molar-refractivity contribution in [3.63, 3.8) is 0 Å². The van der Waals surface area contributed by atoms with Crippen LogP contribution < -0.4 is 11.2 Å². The summed E-state index contributed by atoms with van der Waals surface area (Å²) in [4.78, 5) is 25.1. The molecule has 7 heteroatoms. The Balaban J connectivity index is 2.08. The van der Waals surface area contributed by atoms with Gasteiger partial charge in [-0.15, -0.1) is 0 Å². The largest absolute Gasteiger partial charge is 0.331 e. The van der Waals surface area contributed by atoms with Crippen LogP contribution in [0.2, 0.25) is 15.1 Å². The summed E-state index contributed by atoms with van der Waals surface area (Å²) in [6.45, 7) is 0.171.